The van der Waals surface area contributed by atoms with Crippen molar-refractivity contribution in [1.29, 1.82) is 0 Å². The van der Waals surface area contributed by atoms with E-state index in [9.17, 15) is 0 Å². The predicted molar refractivity (Wildman–Crippen MR) is 117 cm³/mol. The van der Waals surface area contributed by atoms with Crippen molar-refractivity contribution in [2.75, 3.05) is 35.0 Å². The first-order valence-electron chi connectivity index (χ1n) is 10.0. The predicted octanol–water partition coefficient (Wildman–Crippen LogP) is 4.79. The highest BCUT2D eigenvalue weighted by molar-refractivity contribution is 6.12. The first-order valence-corrected chi connectivity index (χ1v) is 10.0. The Hall–Kier alpha value is -2.66. The molecule has 154 valence electrons. The molecular weight excluding hydrogens is 366 g/mol. The average Bonchev–Trinajstić information content (AvgIpc) is 2.76. The van der Waals surface area contributed by atoms with Gasteiger partial charge in [0.2, 0.25) is 0 Å². The van der Waals surface area contributed by atoms with Gasteiger partial charge < -0.3 is 18.9 Å². The van der Waals surface area contributed by atoms with Gasteiger partial charge in [-0.05, 0) is 76.8 Å². The number of benzene rings is 3. The summed E-state index contributed by atoms with van der Waals surface area (Å²) in [6, 6.07) is 8.89. The molecule has 0 saturated carbocycles. The molecule has 1 aliphatic heterocycles. The van der Waals surface area contributed by atoms with Crippen LogP contribution in [0.3, 0.4) is 0 Å². The molecule has 1 unspecified atom stereocenters. The van der Waals surface area contributed by atoms with E-state index in [1.54, 1.807) is 28.4 Å². The van der Waals surface area contributed by atoms with Crippen LogP contribution in [0.15, 0.2) is 24.3 Å². The van der Waals surface area contributed by atoms with Gasteiger partial charge in [-0.2, -0.15) is 0 Å². The SMILES string of the molecule is CCN1Cc2c(c3cc(OC)c(OC)cc3c3cc(OC)c(OC)cc23)CC1C. The summed E-state index contributed by atoms with van der Waals surface area (Å²) in [4.78, 5) is 2.52. The lowest BCUT2D eigenvalue weighted by Gasteiger charge is -2.36. The van der Waals surface area contributed by atoms with Gasteiger partial charge in [-0.1, -0.05) is 6.92 Å². The monoisotopic (exact) mass is 395 g/mol. The highest BCUT2D eigenvalue weighted by Gasteiger charge is 2.27. The molecule has 4 rings (SSSR count). The van der Waals surface area contributed by atoms with Crippen molar-refractivity contribution in [3.63, 3.8) is 0 Å². The molecule has 0 amide bonds. The molecule has 1 aliphatic rings. The molecule has 0 aromatic heterocycles. The molecule has 0 N–H and O–H groups in total. The third-order valence-electron chi connectivity index (χ3n) is 6.24. The summed E-state index contributed by atoms with van der Waals surface area (Å²) in [6.45, 7) is 6.47. The summed E-state index contributed by atoms with van der Waals surface area (Å²) >= 11 is 0. The summed E-state index contributed by atoms with van der Waals surface area (Å²) in [5.74, 6) is 2.97. The second-order valence-corrected chi connectivity index (χ2v) is 7.58. The van der Waals surface area contributed by atoms with Gasteiger partial charge in [-0.15, -0.1) is 0 Å². The minimum Gasteiger partial charge on any atom is -0.493 e. The molecule has 3 aromatic carbocycles. The van der Waals surface area contributed by atoms with E-state index in [1.807, 2.05) is 0 Å². The van der Waals surface area contributed by atoms with Gasteiger partial charge in [0.05, 0.1) is 28.4 Å². The molecule has 0 aliphatic carbocycles. The van der Waals surface area contributed by atoms with E-state index in [0.717, 1.165) is 53.3 Å². The van der Waals surface area contributed by atoms with Crippen LogP contribution in [0.4, 0.5) is 0 Å². The van der Waals surface area contributed by atoms with Crippen LogP contribution in [0.2, 0.25) is 0 Å². The fourth-order valence-electron chi connectivity index (χ4n) is 4.65. The lowest BCUT2D eigenvalue weighted by atomic mass is 9.85. The Labute approximate surface area is 172 Å². The van der Waals surface area contributed by atoms with Crippen LogP contribution in [0, 0.1) is 0 Å². The molecular formula is C24H29NO4. The van der Waals surface area contributed by atoms with Crippen LogP contribution in [0.5, 0.6) is 23.0 Å². The molecule has 5 nitrogen and oxygen atoms in total. The maximum absolute atomic E-state index is 5.62. The zero-order valence-electron chi connectivity index (χ0n) is 18.1. The number of nitrogens with zero attached hydrogens (tertiary/aromatic N) is 1. The second-order valence-electron chi connectivity index (χ2n) is 7.58. The maximum Gasteiger partial charge on any atom is 0.161 e. The number of rotatable bonds is 5. The third kappa shape index (κ3) is 3.04. The van der Waals surface area contributed by atoms with Crippen LogP contribution in [0.1, 0.15) is 25.0 Å². The minimum atomic E-state index is 0.487. The first kappa shape index (κ1) is 19.6. The fraction of sp³-hybridized carbons (Fsp3) is 0.417. The zero-order chi connectivity index (χ0) is 20.7. The quantitative estimate of drug-likeness (QED) is 0.581. The standard InChI is InChI=1S/C24H29NO4/c1-7-25-13-20-15(8-14(25)2)16-9-21(26-3)22(27-4)10-17(16)18-11-23(28-5)24(29-6)12-19(18)20/h9-12,14H,7-8,13H2,1-6H3. The van der Waals surface area contributed by atoms with E-state index >= 15 is 0 Å². The summed E-state index contributed by atoms with van der Waals surface area (Å²) in [6.07, 6.45) is 0.999. The Morgan fingerprint density at radius 3 is 1.55 bits per heavy atom. The van der Waals surface area contributed by atoms with E-state index in [0.29, 0.717) is 6.04 Å². The summed E-state index contributed by atoms with van der Waals surface area (Å²) in [7, 11) is 6.72. The van der Waals surface area contributed by atoms with Crippen LogP contribution < -0.4 is 18.9 Å². The number of likely N-dealkylation sites (N-methyl/N-ethyl adjacent to an activating group) is 1. The lowest BCUT2D eigenvalue weighted by molar-refractivity contribution is 0.196. The van der Waals surface area contributed by atoms with E-state index in [1.165, 1.54) is 21.9 Å². The Balaban J connectivity index is 2.16. The zero-order valence-corrected chi connectivity index (χ0v) is 18.1. The summed E-state index contributed by atoms with van der Waals surface area (Å²) in [5, 5.41) is 4.72. The lowest BCUT2D eigenvalue weighted by Crippen LogP contribution is -2.38. The molecule has 0 fully saturated rings. The Kier molecular flexibility index (Phi) is 5.17. The smallest absolute Gasteiger partial charge is 0.161 e. The van der Waals surface area contributed by atoms with Crippen molar-refractivity contribution in [3.05, 3.63) is 35.4 Å². The van der Waals surface area contributed by atoms with Crippen LogP contribution in [-0.4, -0.2) is 45.9 Å². The summed E-state index contributed by atoms with van der Waals surface area (Å²) in [5.41, 5.74) is 2.75. The van der Waals surface area contributed by atoms with Gasteiger partial charge in [0.15, 0.2) is 23.0 Å². The van der Waals surface area contributed by atoms with Crippen molar-refractivity contribution in [3.8, 4) is 23.0 Å². The van der Waals surface area contributed by atoms with Crippen molar-refractivity contribution in [2.45, 2.75) is 32.9 Å². The largest absolute Gasteiger partial charge is 0.493 e. The number of fused-ring (bicyclic) bond motifs is 6. The molecule has 0 radical (unpaired) electrons. The van der Waals surface area contributed by atoms with E-state index in [4.69, 9.17) is 18.9 Å². The molecule has 0 bridgehead atoms. The topological polar surface area (TPSA) is 40.2 Å². The normalized spacial score (nSPS) is 16.7. The minimum absolute atomic E-state index is 0.487. The second kappa shape index (κ2) is 7.64. The molecule has 1 heterocycles. The fourth-order valence-corrected chi connectivity index (χ4v) is 4.65. The highest BCUT2D eigenvalue weighted by Crippen LogP contribution is 2.45. The molecule has 5 heteroatoms. The van der Waals surface area contributed by atoms with Crippen molar-refractivity contribution >= 4 is 21.5 Å². The van der Waals surface area contributed by atoms with Crippen LogP contribution in [-0.2, 0) is 13.0 Å². The average molecular weight is 395 g/mol. The number of ether oxygens (including phenoxy) is 4. The van der Waals surface area contributed by atoms with Gasteiger partial charge in [-0.3, -0.25) is 4.90 Å². The highest BCUT2D eigenvalue weighted by atomic mass is 16.5. The van der Waals surface area contributed by atoms with Crippen molar-refractivity contribution in [2.24, 2.45) is 0 Å². The number of hydrogen-bond donors (Lipinski definition) is 0. The first-order chi connectivity index (χ1) is 14.1. The van der Waals surface area contributed by atoms with Crippen LogP contribution >= 0.6 is 0 Å². The Morgan fingerprint density at radius 2 is 1.14 bits per heavy atom. The third-order valence-corrected chi connectivity index (χ3v) is 6.24. The summed E-state index contributed by atoms with van der Waals surface area (Å²) < 4.78 is 22.4. The van der Waals surface area contributed by atoms with E-state index in [-0.39, 0.29) is 0 Å². The molecule has 1 atom stereocenters. The van der Waals surface area contributed by atoms with E-state index < -0.39 is 0 Å². The molecule has 29 heavy (non-hydrogen) atoms. The van der Waals surface area contributed by atoms with Gasteiger partial charge in [-0.25, -0.2) is 0 Å². The van der Waals surface area contributed by atoms with E-state index in [2.05, 4.69) is 43.0 Å². The maximum atomic E-state index is 5.62. The van der Waals surface area contributed by atoms with Crippen molar-refractivity contribution < 1.29 is 18.9 Å². The molecule has 0 spiro atoms. The van der Waals surface area contributed by atoms with Gasteiger partial charge >= 0.3 is 0 Å². The van der Waals surface area contributed by atoms with Gasteiger partial charge in [0, 0.05) is 12.6 Å². The number of methoxy groups -OCH3 is 4. The molecule has 3 aromatic rings. The van der Waals surface area contributed by atoms with Crippen LogP contribution in [0.25, 0.3) is 21.5 Å². The van der Waals surface area contributed by atoms with Crippen molar-refractivity contribution in [1.82, 2.24) is 4.90 Å². The number of hydrogen-bond acceptors (Lipinski definition) is 5. The molecule has 0 saturated heterocycles. The van der Waals surface area contributed by atoms with Gasteiger partial charge in [0.25, 0.3) is 0 Å². The Morgan fingerprint density at radius 1 is 0.724 bits per heavy atom. The Bertz CT molecular complexity index is 1080. The van der Waals surface area contributed by atoms with Gasteiger partial charge in [0.1, 0.15) is 0 Å².